The first kappa shape index (κ1) is 14.6. The minimum absolute atomic E-state index is 0.0369. The van der Waals surface area contributed by atoms with Crippen LogP contribution in [0.15, 0.2) is 23.1 Å². The van der Waals surface area contributed by atoms with Gasteiger partial charge in [-0.05, 0) is 44.6 Å². The topological polar surface area (TPSA) is 75.4 Å². The molecule has 0 bridgehead atoms. The zero-order chi connectivity index (χ0) is 14.0. The van der Waals surface area contributed by atoms with Crippen molar-refractivity contribution in [3.05, 3.63) is 23.2 Å². The van der Waals surface area contributed by atoms with Gasteiger partial charge in [0.1, 0.15) is 4.90 Å². The molecule has 1 aromatic rings. The molecule has 1 fully saturated rings. The summed E-state index contributed by atoms with van der Waals surface area (Å²) >= 11 is 5.92. The summed E-state index contributed by atoms with van der Waals surface area (Å²) in [5, 5.41) is 0.182. The minimum Gasteiger partial charge on any atom is -0.399 e. The Hall–Kier alpha value is -0.820. The number of nitrogens with one attached hydrogen (secondary N) is 1. The van der Waals surface area contributed by atoms with Crippen molar-refractivity contribution >= 4 is 27.3 Å². The van der Waals surface area contributed by atoms with E-state index >= 15 is 0 Å². The monoisotopic (exact) mass is 303 g/mol. The van der Waals surface area contributed by atoms with Gasteiger partial charge in [0.25, 0.3) is 0 Å². The number of nitrogens with zero attached hydrogens (tertiary/aromatic N) is 1. The Morgan fingerprint density at radius 3 is 2.89 bits per heavy atom. The lowest BCUT2D eigenvalue weighted by atomic mass is 10.2. The van der Waals surface area contributed by atoms with E-state index in [9.17, 15) is 8.42 Å². The smallest absolute Gasteiger partial charge is 0.242 e. The number of hydrogen-bond donors (Lipinski definition) is 2. The van der Waals surface area contributed by atoms with Crippen LogP contribution in [0.3, 0.4) is 0 Å². The van der Waals surface area contributed by atoms with Crippen LogP contribution >= 0.6 is 11.6 Å². The number of rotatable bonds is 4. The maximum atomic E-state index is 12.2. The van der Waals surface area contributed by atoms with E-state index in [0.29, 0.717) is 12.2 Å². The summed E-state index contributed by atoms with van der Waals surface area (Å²) in [6.07, 6.45) is 2.10. The van der Waals surface area contributed by atoms with E-state index in [4.69, 9.17) is 17.3 Å². The quantitative estimate of drug-likeness (QED) is 0.822. The van der Waals surface area contributed by atoms with Gasteiger partial charge in [-0.15, -0.1) is 0 Å². The molecule has 0 saturated carbocycles. The molecule has 1 aliphatic rings. The van der Waals surface area contributed by atoms with Gasteiger partial charge in [-0.25, -0.2) is 13.1 Å². The fourth-order valence-electron chi connectivity index (χ4n) is 2.25. The molecule has 0 amide bonds. The fourth-order valence-corrected chi connectivity index (χ4v) is 3.85. The zero-order valence-electron chi connectivity index (χ0n) is 10.8. The van der Waals surface area contributed by atoms with Crippen LogP contribution in [0.5, 0.6) is 0 Å². The summed E-state index contributed by atoms with van der Waals surface area (Å²) in [6, 6.07) is 4.69. The summed E-state index contributed by atoms with van der Waals surface area (Å²) in [6.45, 7) is 1.40. The van der Waals surface area contributed by atoms with Gasteiger partial charge in [0.15, 0.2) is 0 Å². The van der Waals surface area contributed by atoms with Crippen molar-refractivity contribution in [2.75, 3.05) is 25.9 Å². The predicted octanol–water partition coefficient (Wildman–Crippen LogP) is 1.29. The van der Waals surface area contributed by atoms with Crippen LogP contribution in [0.25, 0.3) is 0 Å². The Morgan fingerprint density at radius 1 is 1.53 bits per heavy atom. The average Bonchev–Trinajstić information content (AvgIpc) is 2.75. The number of likely N-dealkylation sites (tertiary alicyclic amines) is 1. The van der Waals surface area contributed by atoms with Crippen LogP contribution in [-0.4, -0.2) is 39.5 Å². The second-order valence-electron chi connectivity index (χ2n) is 4.82. The van der Waals surface area contributed by atoms with Crippen molar-refractivity contribution in [2.24, 2.45) is 0 Å². The number of benzene rings is 1. The van der Waals surface area contributed by atoms with E-state index in [1.807, 2.05) is 7.05 Å². The lowest BCUT2D eigenvalue weighted by molar-refractivity contribution is 0.311. The maximum Gasteiger partial charge on any atom is 0.242 e. The van der Waals surface area contributed by atoms with Crippen LogP contribution in [0, 0.1) is 0 Å². The normalized spacial score (nSPS) is 20.8. The highest BCUT2D eigenvalue weighted by Gasteiger charge is 2.24. The van der Waals surface area contributed by atoms with Gasteiger partial charge in [-0.3, -0.25) is 0 Å². The molecule has 0 aliphatic carbocycles. The molecule has 0 aromatic heterocycles. The standard InChI is InChI=1S/C12H18ClN3O2S/c1-16-6-2-3-10(16)8-15-19(17,18)12-7-9(14)4-5-11(12)13/h4-5,7,10,15H,2-3,6,8,14H2,1H3. The van der Waals surface area contributed by atoms with E-state index in [-0.39, 0.29) is 16.0 Å². The summed E-state index contributed by atoms with van der Waals surface area (Å²) in [7, 11) is -1.61. The third kappa shape index (κ3) is 3.39. The Balaban J connectivity index is 2.12. The molecule has 2 rings (SSSR count). The molecule has 5 nitrogen and oxygen atoms in total. The molecule has 19 heavy (non-hydrogen) atoms. The fraction of sp³-hybridized carbons (Fsp3) is 0.500. The third-order valence-corrected chi connectivity index (χ3v) is 5.33. The highest BCUT2D eigenvalue weighted by Crippen LogP contribution is 2.24. The lowest BCUT2D eigenvalue weighted by Crippen LogP contribution is -2.38. The molecule has 1 saturated heterocycles. The van der Waals surface area contributed by atoms with Gasteiger partial charge in [-0.2, -0.15) is 0 Å². The van der Waals surface area contributed by atoms with Crippen molar-refractivity contribution in [3.8, 4) is 0 Å². The first-order valence-corrected chi connectivity index (χ1v) is 8.01. The molecular weight excluding hydrogens is 286 g/mol. The number of nitrogens with two attached hydrogens (primary N) is 1. The highest BCUT2D eigenvalue weighted by atomic mass is 35.5. The molecule has 7 heteroatoms. The van der Waals surface area contributed by atoms with Crippen LogP contribution in [0.4, 0.5) is 5.69 Å². The van der Waals surface area contributed by atoms with Crippen molar-refractivity contribution in [2.45, 2.75) is 23.8 Å². The molecule has 1 aromatic carbocycles. The SMILES string of the molecule is CN1CCCC1CNS(=O)(=O)c1cc(N)ccc1Cl. The van der Waals surface area contributed by atoms with Crippen molar-refractivity contribution in [3.63, 3.8) is 0 Å². The lowest BCUT2D eigenvalue weighted by Gasteiger charge is -2.19. The summed E-state index contributed by atoms with van der Waals surface area (Å²) in [4.78, 5) is 2.19. The van der Waals surface area contributed by atoms with Gasteiger partial charge in [0, 0.05) is 18.3 Å². The summed E-state index contributed by atoms with van der Waals surface area (Å²) in [5.41, 5.74) is 5.98. The molecule has 1 aliphatic heterocycles. The molecule has 1 atom stereocenters. The van der Waals surface area contributed by atoms with Crippen LogP contribution in [0.1, 0.15) is 12.8 Å². The number of halogens is 1. The number of hydrogen-bond acceptors (Lipinski definition) is 4. The molecule has 3 N–H and O–H groups in total. The Morgan fingerprint density at radius 2 is 2.26 bits per heavy atom. The molecule has 0 spiro atoms. The first-order valence-electron chi connectivity index (χ1n) is 6.15. The zero-order valence-corrected chi connectivity index (χ0v) is 12.3. The van der Waals surface area contributed by atoms with Crippen LogP contribution in [0.2, 0.25) is 5.02 Å². The van der Waals surface area contributed by atoms with Crippen molar-refractivity contribution < 1.29 is 8.42 Å². The Labute approximate surface area is 118 Å². The van der Waals surface area contributed by atoms with Crippen molar-refractivity contribution in [1.82, 2.24) is 9.62 Å². The highest BCUT2D eigenvalue weighted by molar-refractivity contribution is 7.89. The number of sulfonamides is 1. The van der Waals surface area contributed by atoms with Gasteiger partial charge >= 0.3 is 0 Å². The predicted molar refractivity (Wildman–Crippen MR) is 76.7 cm³/mol. The largest absolute Gasteiger partial charge is 0.399 e. The second-order valence-corrected chi connectivity index (χ2v) is 6.96. The molecule has 1 heterocycles. The average molecular weight is 304 g/mol. The second kappa shape index (κ2) is 5.66. The number of anilines is 1. The van der Waals surface area contributed by atoms with Gasteiger partial charge in [0.2, 0.25) is 10.0 Å². The molecule has 1 unspecified atom stereocenters. The van der Waals surface area contributed by atoms with Crippen LogP contribution in [-0.2, 0) is 10.0 Å². The van der Waals surface area contributed by atoms with E-state index in [1.165, 1.54) is 12.1 Å². The summed E-state index contributed by atoms with van der Waals surface area (Å²) < 4.78 is 27.0. The van der Waals surface area contributed by atoms with E-state index in [0.717, 1.165) is 19.4 Å². The Kier molecular flexibility index (Phi) is 4.35. The maximum absolute atomic E-state index is 12.2. The van der Waals surface area contributed by atoms with Gasteiger partial charge in [0.05, 0.1) is 5.02 Å². The first-order chi connectivity index (χ1) is 8.90. The number of nitrogen functional groups attached to an aromatic ring is 1. The number of likely N-dealkylation sites (N-methyl/N-ethyl adjacent to an activating group) is 1. The molecule has 0 radical (unpaired) electrons. The molecular formula is C12H18ClN3O2S. The van der Waals surface area contributed by atoms with Crippen molar-refractivity contribution in [1.29, 1.82) is 0 Å². The van der Waals surface area contributed by atoms with E-state index < -0.39 is 10.0 Å². The van der Waals surface area contributed by atoms with Gasteiger partial charge in [-0.1, -0.05) is 11.6 Å². The third-order valence-electron chi connectivity index (χ3n) is 3.43. The summed E-state index contributed by atoms with van der Waals surface area (Å²) in [5.74, 6) is 0. The minimum atomic E-state index is -3.61. The Bertz CT molecular complexity index is 562. The van der Waals surface area contributed by atoms with Gasteiger partial charge < -0.3 is 10.6 Å². The van der Waals surface area contributed by atoms with Crippen LogP contribution < -0.4 is 10.5 Å². The van der Waals surface area contributed by atoms with E-state index in [2.05, 4.69) is 9.62 Å². The molecule has 106 valence electrons. The van der Waals surface area contributed by atoms with E-state index in [1.54, 1.807) is 6.07 Å².